The van der Waals surface area contributed by atoms with Crippen molar-refractivity contribution in [1.29, 1.82) is 0 Å². The Kier molecular flexibility index (Phi) is 4.39. The molecule has 8 heteroatoms. The fourth-order valence-electron chi connectivity index (χ4n) is 2.64. The van der Waals surface area contributed by atoms with Gasteiger partial charge in [-0.2, -0.15) is 0 Å². The third-order valence-corrected chi connectivity index (χ3v) is 5.14. The predicted octanol–water partition coefficient (Wildman–Crippen LogP) is 4.82. The second-order valence-corrected chi connectivity index (χ2v) is 7.58. The topological polar surface area (TPSA) is 61.2 Å². The van der Waals surface area contributed by atoms with Crippen molar-refractivity contribution in [1.82, 2.24) is 24.1 Å². The summed E-state index contributed by atoms with van der Waals surface area (Å²) in [6.45, 7) is 4.22. The number of nitrogens with zero attached hydrogens (tertiary/aromatic N) is 5. The lowest BCUT2D eigenvalue weighted by Crippen LogP contribution is -2.04. The maximum atomic E-state index is 5.64. The summed E-state index contributed by atoms with van der Waals surface area (Å²) in [7, 11) is 0. The Morgan fingerprint density at radius 2 is 2.08 bits per heavy atom. The number of halogens is 1. The molecule has 0 atom stereocenters. The molecule has 4 rings (SSSR count). The molecule has 128 valence electrons. The smallest absolute Gasteiger partial charge is 0.200 e. The SMILES string of the molecule is CC(C)n1c(SCc2cn3ccccc3n2)nnc1-c1ccc(Br)o1. The van der Waals surface area contributed by atoms with Crippen LogP contribution in [0.2, 0.25) is 0 Å². The summed E-state index contributed by atoms with van der Waals surface area (Å²) in [6, 6.07) is 9.95. The first-order chi connectivity index (χ1) is 12.1. The lowest BCUT2D eigenvalue weighted by Gasteiger charge is -2.12. The van der Waals surface area contributed by atoms with Crippen LogP contribution in [0.25, 0.3) is 17.2 Å². The van der Waals surface area contributed by atoms with Crippen molar-refractivity contribution in [2.24, 2.45) is 0 Å². The van der Waals surface area contributed by atoms with Crippen LogP contribution in [0.5, 0.6) is 0 Å². The molecule has 0 unspecified atom stereocenters. The predicted molar refractivity (Wildman–Crippen MR) is 101 cm³/mol. The quantitative estimate of drug-likeness (QED) is 0.435. The largest absolute Gasteiger partial charge is 0.446 e. The number of pyridine rings is 1. The van der Waals surface area contributed by atoms with E-state index >= 15 is 0 Å². The number of hydrogen-bond donors (Lipinski definition) is 0. The molecule has 0 saturated carbocycles. The van der Waals surface area contributed by atoms with E-state index in [4.69, 9.17) is 4.42 Å². The average molecular weight is 418 g/mol. The zero-order valence-electron chi connectivity index (χ0n) is 13.8. The van der Waals surface area contributed by atoms with Crippen molar-refractivity contribution in [3.8, 4) is 11.6 Å². The first-order valence-corrected chi connectivity index (χ1v) is 9.65. The normalized spacial score (nSPS) is 11.7. The summed E-state index contributed by atoms with van der Waals surface area (Å²) in [5.41, 5.74) is 1.96. The fraction of sp³-hybridized carbons (Fsp3) is 0.235. The van der Waals surface area contributed by atoms with Gasteiger partial charge in [0.05, 0.1) is 5.69 Å². The van der Waals surface area contributed by atoms with E-state index in [9.17, 15) is 0 Å². The van der Waals surface area contributed by atoms with Crippen LogP contribution in [-0.2, 0) is 5.75 Å². The molecule has 0 aromatic carbocycles. The highest BCUT2D eigenvalue weighted by atomic mass is 79.9. The molecule has 0 fully saturated rings. The standard InChI is InChI=1S/C17H16BrN5OS/c1-11(2)23-16(13-6-7-14(18)24-13)20-21-17(23)25-10-12-9-22-8-4-3-5-15(22)19-12/h3-9,11H,10H2,1-2H3. The summed E-state index contributed by atoms with van der Waals surface area (Å²) < 4.78 is 10.4. The van der Waals surface area contributed by atoms with Gasteiger partial charge in [0.15, 0.2) is 15.6 Å². The first kappa shape index (κ1) is 16.4. The Bertz CT molecular complexity index is 986. The van der Waals surface area contributed by atoms with Crippen LogP contribution in [0.4, 0.5) is 0 Å². The van der Waals surface area contributed by atoms with Gasteiger partial charge in [-0.3, -0.25) is 4.57 Å². The zero-order chi connectivity index (χ0) is 17.4. The molecule has 0 aliphatic carbocycles. The van der Waals surface area contributed by atoms with Crippen molar-refractivity contribution in [2.75, 3.05) is 0 Å². The lowest BCUT2D eigenvalue weighted by atomic mass is 10.3. The molecule has 0 saturated heterocycles. The third kappa shape index (κ3) is 3.23. The van der Waals surface area contributed by atoms with Crippen molar-refractivity contribution in [3.05, 3.63) is 53.1 Å². The molecule has 0 spiro atoms. The van der Waals surface area contributed by atoms with E-state index in [0.717, 1.165) is 28.1 Å². The molecule has 0 aliphatic heterocycles. The molecular formula is C17H16BrN5OS. The fourth-order valence-corrected chi connectivity index (χ4v) is 3.90. The van der Waals surface area contributed by atoms with Crippen molar-refractivity contribution in [3.63, 3.8) is 0 Å². The molecule has 25 heavy (non-hydrogen) atoms. The second-order valence-electron chi connectivity index (χ2n) is 5.86. The van der Waals surface area contributed by atoms with Gasteiger partial charge in [-0.25, -0.2) is 4.98 Å². The summed E-state index contributed by atoms with van der Waals surface area (Å²) in [6.07, 6.45) is 4.04. The van der Waals surface area contributed by atoms with Gasteiger partial charge in [-0.1, -0.05) is 17.8 Å². The van der Waals surface area contributed by atoms with Gasteiger partial charge in [-0.05, 0) is 54.0 Å². The Balaban J connectivity index is 1.60. The van der Waals surface area contributed by atoms with Gasteiger partial charge in [0.2, 0.25) is 5.82 Å². The number of fused-ring (bicyclic) bond motifs is 1. The number of imidazole rings is 1. The summed E-state index contributed by atoms with van der Waals surface area (Å²) in [4.78, 5) is 4.63. The van der Waals surface area contributed by atoms with E-state index in [2.05, 4.69) is 49.5 Å². The van der Waals surface area contributed by atoms with Crippen LogP contribution in [0.1, 0.15) is 25.6 Å². The number of thioether (sulfide) groups is 1. The van der Waals surface area contributed by atoms with Crippen LogP contribution >= 0.6 is 27.7 Å². The maximum absolute atomic E-state index is 5.64. The molecular weight excluding hydrogens is 402 g/mol. The van der Waals surface area contributed by atoms with Gasteiger partial charge in [-0.15, -0.1) is 10.2 Å². The minimum Gasteiger partial charge on any atom is -0.446 e. The second kappa shape index (κ2) is 6.68. The monoisotopic (exact) mass is 417 g/mol. The van der Waals surface area contributed by atoms with Crippen LogP contribution in [0, 0.1) is 0 Å². The maximum Gasteiger partial charge on any atom is 0.200 e. The highest BCUT2D eigenvalue weighted by molar-refractivity contribution is 9.10. The van der Waals surface area contributed by atoms with E-state index in [1.54, 1.807) is 11.8 Å². The number of furan rings is 1. The molecule has 0 amide bonds. The van der Waals surface area contributed by atoms with Crippen molar-refractivity contribution in [2.45, 2.75) is 30.8 Å². The van der Waals surface area contributed by atoms with E-state index in [0.29, 0.717) is 10.4 Å². The zero-order valence-corrected chi connectivity index (χ0v) is 16.2. The Morgan fingerprint density at radius 1 is 1.20 bits per heavy atom. The minimum absolute atomic E-state index is 0.220. The van der Waals surface area contributed by atoms with Crippen molar-refractivity contribution >= 4 is 33.3 Å². The van der Waals surface area contributed by atoms with E-state index < -0.39 is 0 Å². The van der Waals surface area contributed by atoms with Gasteiger partial charge >= 0.3 is 0 Å². The minimum atomic E-state index is 0.220. The molecule has 0 aliphatic rings. The van der Waals surface area contributed by atoms with Gasteiger partial charge in [0.1, 0.15) is 5.65 Å². The number of rotatable bonds is 5. The highest BCUT2D eigenvalue weighted by Crippen LogP contribution is 2.31. The number of aromatic nitrogens is 5. The lowest BCUT2D eigenvalue weighted by molar-refractivity contribution is 0.519. The van der Waals surface area contributed by atoms with Crippen LogP contribution in [0.3, 0.4) is 0 Å². The molecule has 0 bridgehead atoms. The average Bonchev–Trinajstić information content (AvgIpc) is 3.29. The van der Waals surface area contributed by atoms with Crippen LogP contribution in [-0.4, -0.2) is 24.1 Å². The van der Waals surface area contributed by atoms with E-state index in [1.807, 2.05) is 47.1 Å². The van der Waals surface area contributed by atoms with Crippen LogP contribution < -0.4 is 0 Å². The van der Waals surface area contributed by atoms with Crippen molar-refractivity contribution < 1.29 is 4.42 Å². The van der Waals surface area contributed by atoms with Crippen LogP contribution in [0.15, 0.2) is 57.0 Å². The Morgan fingerprint density at radius 3 is 2.80 bits per heavy atom. The molecule has 6 nitrogen and oxygen atoms in total. The molecule has 0 radical (unpaired) electrons. The molecule has 0 N–H and O–H groups in total. The van der Waals surface area contributed by atoms with E-state index in [1.165, 1.54) is 0 Å². The van der Waals surface area contributed by atoms with Gasteiger partial charge in [0.25, 0.3) is 0 Å². The molecule has 4 aromatic rings. The molecule has 4 aromatic heterocycles. The Hall–Kier alpha value is -2.06. The summed E-state index contributed by atoms with van der Waals surface area (Å²) in [5, 5.41) is 9.54. The third-order valence-electron chi connectivity index (χ3n) is 3.74. The van der Waals surface area contributed by atoms with Gasteiger partial charge < -0.3 is 8.82 Å². The van der Waals surface area contributed by atoms with E-state index in [-0.39, 0.29) is 6.04 Å². The molecule has 4 heterocycles. The first-order valence-electron chi connectivity index (χ1n) is 7.88. The summed E-state index contributed by atoms with van der Waals surface area (Å²) in [5.74, 6) is 2.17. The summed E-state index contributed by atoms with van der Waals surface area (Å²) >= 11 is 4.96. The highest BCUT2D eigenvalue weighted by Gasteiger charge is 2.19. The Labute approximate surface area is 157 Å². The number of hydrogen-bond acceptors (Lipinski definition) is 5. The van der Waals surface area contributed by atoms with Gasteiger partial charge in [0, 0.05) is 24.2 Å².